The number of piperidine rings is 1. The lowest BCUT2D eigenvalue weighted by Gasteiger charge is -2.37. The summed E-state index contributed by atoms with van der Waals surface area (Å²) in [7, 11) is -3.92. The first-order valence-electron chi connectivity index (χ1n) is 13.0. The maximum atomic E-state index is 13.1. The Kier molecular flexibility index (Phi) is 8.25. The number of rotatable bonds is 7. The predicted octanol–water partition coefficient (Wildman–Crippen LogP) is 1.59. The van der Waals surface area contributed by atoms with Gasteiger partial charge in [0.1, 0.15) is 10.3 Å². The van der Waals surface area contributed by atoms with Gasteiger partial charge in [-0.25, -0.2) is 8.42 Å². The second-order valence-corrected chi connectivity index (χ2v) is 13.5. The first kappa shape index (κ1) is 27.3. The van der Waals surface area contributed by atoms with E-state index in [2.05, 4.69) is 9.62 Å². The monoisotopic (exact) mass is 581 g/mol. The van der Waals surface area contributed by atoms with Gasteiger partial charge in [0, 0.05) is 55.5 Å². The molecule has 0 unspecified atom stereocenters. The van der Waals surface area contributed by atoms with Crippen LogP contribution in [0.1, 0.15) is 25.7 Å². The Morgan fingerprint density at radius 1 is 0.921 bits per heavy atom. The Labute approximate surface area is 231 Å². The molecule has 0 radical (unpaired) electrons. The van der Waals surface area contributed by atoms with Crippen LogP contribution in [0, 0.1) is 0 Å². The van der Waals surface area contributed by atoms with Crippen molar-refractivity contribution < 1.29 is 22.8 Å². The number of carbonyl (C=O) groups excluding carboxylic acids is 3. The minimum absolute atomic E-state index is 0.0782. The van der Waals surface area contributed by atoms with E-state index in [-0.39, 0.29) is 28.5 Å². The Hall–Kier alpha value is -2.25. The molecule has 1 N–H and O–H groups in total. The number of hydrogen-bond donors (Lipinski definition) is 1. The van der Waals surface area contributed by atoms with Crippen LogP contribution in [-0.4, -0.2) is 111 Å². The van der Waals surface area contributed by atoms with Gasteiger partial charge in [0.15, 0.2) is 0 Å². The topological polar surface area (TPSA) is 110 Å². The molecular weight excluding hydrogens is 550 g/mol. The zero-order valence-electron chi connectivity index (χ0n) is 21.1. The molecule has 0 bridgehead atoms. The van der Waals surface area contributed by atoms with E-state index in [4.69, 9.17) is 11.6 Å². The van der Waals surface area contributed by atoms with Gasteiger partial charge in [0.2, 0.25) is 17.7 Å². The first-order valence-corrected chi connectivity index (χ1v) is 15.7. The molecule has 1 aromatic carbocycles. The third-order valence-electron chi connectivity index (χ3n) is 7.42. The van der Waals surface area contributed by atoms with Gasteiger partial charge in [0.25, 0.3) is 10.0 Å². The van der Waals surface area contributed by atoms with Crippen molar-refractivity contribution in [2.24, 2.45) is 0 Å². The predicted molar refractivity (Wildman–Crippen MR) is 146 cm³/mol. The summed E-state index contributed by atoms with van der Waals surface area (Å²) < 4.78 is 29.5. The minimum Gasteiger partial charge on any atom is -0.342 e. The van der Waals surface area contributed by atoms with E-state index in [9.17, 15) is 22.8 Å². The maximum Gasteiger partial charge on any atom is 0.250 e. The maximum absolute atomic E-state index is 13.1. The zero-order chi connectivity index (χ0) is 26.9. The van der Waals surface area contributed by atoms with Gasteiger partial charge in [-0.3, -0.25) is 19.3 Å². The Balaban J connectivity index is 1.13. The molecule has 2 aromatic rings. The summed E-state index contributed by atoms with van der Waals surface area (Å²) in [6.45, 7) is 4.60. The first-order chi connectivity index (χ1) is 18.2. The summed E-state index contributed by atoms with van der Waals surface area (Å²) in [5.74, 6) is -0.393. The molecule has 38 heavy (non-hydrogen) atoms. The molecule has 3 amide bonds. The van der Waals surface area contributed by atoms with E-state index in [1.807, 2.05) is 4.90 Å². The van der Waals surface area contributed by atoms with Gasteiger partial charge in [-0.2, -0.15) is 4.72 Å². The summed E-state index contributed by atoms with van der Waals surface area (Å²) in [5.41, 5.74) is 0. The highest BCUT2D eigenvalue weighted by molar-refractivity contribution is 7.91. The van der Waals surface area contributed by atoms with Gasteiger partial charge < -0.3 is 14.7 Å². The highest BCUT2D eigenvalue weighted by Gasteiger charge is 2.35. The molecule has 3 saturated heterocycles. The fourth-order valence-electron chi connectivity index (χ4n) is 5.24. The van der Waals surface area contributed by atoms with Crippen LogP contribution in [-0.2, 0) is 24.4 Å². The van der Waals surface area contributed by atoms with Crippen molar-refractivity contribution in [1.82, 2.24) is 24.3 Å². The van der Waals surface area contributed by atoms with E-state index < -0.39 is 16.1 Å². The van der Waals surface area contributed by atoms with Crippen molar-refractivity contribution in [3.8, 4) is 0 Å². The summed E-state index contributed by atoms with van der Waals surface area (Å²) in [6.07, 6.45) is 3.10. The van der Waals surface area contributed by atoms with Crippen LogP contribution in [0.4, 0.5) is 0 Å². The van der Waals surface area contributed by atoms with Crippen LogP contribution in [0.2, 0.25) is 5.02 Å². The highest BCUT2D eigenvalue weighted by atomic mass is 35.5. The standard InChI is InChI=1S/C25H32ClN5O5S2/c26-19-6-5-18-14-24(37-21(18)15-19)38(35,36)27-20-4-3-9-31(25(20)34)17-23(33)30-12-10-28(11-13-30)16-22(32)29-7-1-2-8-29/h5-6,14-15,20,27H,1-4,7-13,16-17H2/t20-/m0/s1. The quantitative estimate of drug-likeness (QED) is 0.532. The largest absolute Gasteiger partial charge is 0.342 e. The van der Waals surface area contributed by atoms with E-state index in [1.165, 1.54) is 4.90 Å². The van der Waals surface area contributed by atoms with Crippen LogP contribution < -0.4 is 4.72 Å². The molecule has 206 valence electrons. The van der Waals surface area contributed by atoms with Crippen molar-refractivity contribution in [3.63, 3.8) is 0 Å². The number of nitrogens with one attached hydrogen (secondary N) is 1. The number of hydrogen-bond acceptors (Lipinski definition) is 7. The molecule has 13 heteroatoms. The third kappa shape index (κ3) is 6.15. The summed E-state index contributed by atoms with van der Waals surface area (Å²) in [6, 6.07) is 5.84. The van der Waals surface area contributed by atoms with E-state index in [0.29, 0.717) is 57.1 Å². The van der Waals surface area contributed by atoms with Crippen LogP contribution in [0.3, 0.4) is 0 Å². The summed E-state index contributed by atoms with van der Waals surface area (Å²) >= 11 is 7.13. The van der Waals surface area contributed by atoms with E-state index in [0.717, 1.165) is 47.4 Å². The van der Waals surface area contributed by atoms with Crippen molar-refractivity contribution in [3.05, 3.63) is 29.3 Å². The van der Waals surface area contributed by atoms with Crippen LogP contribution in [0.15, 0.2) is 28.5 Å². The second-order valence-electron chi connectivity index (χ2n) is 10.1. The summed E-state index contributed by atoms with van der Waals surface area (Å²) in [4.78, 5) is 45.7. The highest BCUT2D eigenvalue weighted by Crippen LogP contribution is 2.31. The molecule has 3 aliphatic heterocycles. The molecule has 4 heterocycles. The van der Waals surface area contributed by atoms with E-state index >= 15 is 0 Å². The molecule has 0 spiro atoms. The van der Waals surface area contributed by atoms with Crippen LogP contribution in [0.5, 0.6) is 0 Å². The van der Waals surface area contributed by atoms with Crippen LogP contribution in [0.25, 0.3) is 10.1 Å². The average Bonchev–Trinajstić information content (AvgIpc) is 3.57. The number of carbonyl (C=O) groups is 3. The number of likely N-dealkylation sites (tertiary alicyclic amines) is 2. The van der Waals surface area contributed by atoms with Crippen molar-refractivity contribution in [2.75, 3.05) is 58.9 Å². The van der Waals surface area contributed by atoms with Gasteiger partial charge in [0.05, 0.1) is 13.1 Å². The number of thiophene rings is 1. The molecule has 1 atom stereocenters. The smallest absolute Gasteiger partial charge is 0.250 e. The number of nitrogens with zero attached hydrogens (tertiary/aromatic N) is 4. The molecule has 3 aliphatic rings. The Bertz CT molecular complexity index is 1320. The van der Waals surface area contributed by atoms with Gasteiger partial charge in [-0.1, -0.05) is 17.7 Å². The molecule has 10 nitrogen and oxygen atoms in total. The van der Waals surface area contributed by atoms with Gasteiger partial charge in [-0.15, -0.1) is 11.3 Å². The average molecular weight is 582 g/mol. The molecule has 3 fully saturated rings. The zero-order valence-corrected chi connectivity index (χ0v) is 23.5. The molecule has 0 saturated carbocycles. The van der Waals surface area contributed by atoms with E-state index in [1.54, 1.807) is 29.2 Å². The molecule has 0 aliphatic carbocycles. The van der Waals surface area contributed by atoms with Crippen molar-refractivity contribution in [1.29, 1.82) is 0 Å². The van der Waals surface area contributed by atoms with Gasteiger partial charge >= 0.3 is 0 Å². The molecular formula is C25H32ClN5O5S2. The minimum atomic E-state index is -3.92. The lowest BCUT2D eigenvalue weighted by molar-refractivity contribution is -0.144. The molecule has 5 rings (SSSR count). The normalized spacial score (nSPS) is 21.4. The second kappa shape index (κ2) is 11.5. The fraction of sp³-hybridized carbons (Fsp3) is 0.560. The Morgan fingerprint density at radius 2 is 1.61 bits per heavy atom. The summed E-state index contributed by atoms with van der Waals surface area (Å²) in [5, 5.41) is 1.29. The number of amides is 3. The number of sulfonamides is 1. The fourth-order valence-corrected chi connectivity index (χ4v) is 8.16. The lowest BCUT2D eigenvalue weighted by atomic mass is 10.1. The number of benzene rings is 1. The number of fused-ring (bicyclic) bond motifs is 1. The number of halogens is 1. The number of piperazine rings is 1. The van der Waals surface area contributed by atoms with Gasteiger partial charge in [-0.05, 0) is 49.3 Å². The Morgan fingerprint density at radius 3 is 2.34 bits per heavy atom. The van der Waals surface area contributed by atoms with Crippen molar-refractivity contribution >= 4 is 60.8 Å². The van der Waals surface area contributed by atoms with Crippen molar-refractivity contribution in [2.45, 2.75) is 35.9 Å². The lowest BCUT2D eigenvalue weighted by Crippen LogP contribution is -2.56. The molecule has 1 aromatic heterocycles. The third-order valence-corrected chi connectivity index (χ3v) is 10.7. The van der Waals surface area contributed by atoms with Crippen LogP contribution >= 0.6 is 22.9 Å². The SMILES string of the molecule is O=C(CN1CCN(C(=O)CN2CCC[C@H](NS(=O)(=O)c3cc4ccc(Cl)cc4s3)C2=O)CC1)N1CCCC1.